The number of hydroxylamine groups is 1. The molecule has 0 saturated heterocycles. The zero-order valence-corrected chi connectivity index (χ0v) is 4.29. The van der Waals surface area contributed by atoms with E-state index in [0.717, 1.165) is 0 Å². The first-order valence-electron chi connectivity index (χ1n) is 1.97. The van der Waals surface area contributed by atoms with E-state index in [2.05, 4.69) is 4.99 Å². The third-order valence-corrected chi connectivity index (χ3v) is 0.600. The highest BCUT2D eigenvalue weighted by molar-refractivity contribution is 5.72. The Morgan fingerprint density at radius 2 is 2.38 bits per heavy atom. The third-order valence-electron chi connectivity index (χ3n) is 0.600. The summed E-state index contributed by atoms with van der Waals surface area (Å²) in [5, 5.41) is 15.7. The smallest absolute Gasteiger partial charge is 0.322 e. The lowest BCUT2D eigenvalue weighted by Gasteiger charge is -2.01. The standard InChI is InChI=1S/C3H7NO4/c1-2(3(5)6)4-8-7/h2,4,7H,1H3,(H,5,6)/t2-/m0/s1. The number of nitrogens with one attached hydrogen (secondary N) is 1. The monoisotopic (exact) mass is 121 g/mol. The van der Waals surface area contributed by atoms with Crippen LogP contribution in [0.5, 0.6) is 0 Å². The Labute approximate surface area is 45.8 Å². The van der Waals surface area contributed by atoms with Crippen molar-refractivity contribution in [3.05, 3.63) is 0 Å². The van der Waals surface area contributed by atoms with E-state index in [-0.39, 0.29) is 0 Å². The Bertz CT molecular complexity index is 83.4. The molecule has 1 atom stereocenters. The number of carboxylic acids is 1. The van der Waals surface area contributed by atoms with Crippen molar-refractivity contribution in [1.29, 1.82) is 0 Å². The molecule has 0 rings (SSSR count). The lowest BCUT2D eigenvalue weighted by Crippen LogP contribution is -2.32. The number of hydrogen-bond donors (Lipinski definition) is 3. The van der Waals surface area contributed by atoms with Gasteiger partial charge in [-0.3, -0.25) is 4.79 Å². The van der Waals surface area contributed by atoms with Gasteiger partial charge in [-0.25, -0.2) is 5.26 Å². The highest BCUT2D eigenvalue weighted by Crippen LogP contribution is 1.77. The van der Waals surface area contributed by atoms with Crippen LogP contribution in [0.3, 0.4) is 0 Å². The average Bonchev–Trinajstić information content (AvgIpc) is 1.67. The van der Waals surface area contributed by atoms with Crippen LogP contribution >= 0.6 is 0 Å². The quantitative estimate of drug-likeness (QED) is 0.345. The molecule has 3 N–H and O–H groups in total. The van der Waals surface area contributed by atoms with E-state index in [0.29, 0.717) is 0 Å². The Morgan fingerprint density at radius 3 is 2.50 bits per heavy atom. The number of aliphatic carboxylic acids is 1. The van der Waals surface area contributed by atoms with Crippen molar-refractivity contribution in [3.8, 4) is 0 Å². The van der Waals surface area contributed by atoms with Crippen LogP contribution in [0, 0.1) is 0 Å². The zero-order chi connectivity index (χ0) is 6.57. The summed E-state index contributed by atoms with van der Waals surface area (Å²) in [4.78, 5) is 13.2. The van der Waals surface area contributed by atoms with E-state index in [1.54, 1.807) is 5.48 Å². The van der Waals surface area contributed by atoms with Crippen LogP contribution in [0.1, 0.15) is 6.92 Å². The van der Waals surface area contributed by atoms with Gasteiger partial charge in [0.2, 0.25) is 0 Å². The van der Waals surface area contributed by atoms with E-state index >= 15 is 0 Å². The summed E-state index contributed by atoms with van der Waals surface area (Å²) in [5.74, 6) is -1.08. The molecule has 0 spiro atoms. The Hall–Kier alpha value is -0.650. The fourth-order valence-electron chi connectivity index (χ4n) is 0.129. The van der Waals surface area contributed by atoms with E-state index in [1.165, 1.54) is 6.92 Å². The Balaban J connectivity index is 3.32. The molecule has 0 bridgehead atoms. The first-order valence-corrected chi connectivity index (χ1v) is 1.97. The molecule has 8 heavy (non-hydrogen) atoms. The predicted molar refractivity (Wildman–Crippen MR) is 23.9 cm³/mol. The van der Waals surface area contributed by atoms with E-state index in [9.17, 15) is 4.79 Å². The van der Waals surface area contributed by atoms with Crippen molar-refractivity contribution in [1.82, 2.24) is 5.48 Å². The largest absolute Gasteiger partial charge is 0.480 e. The molecule has 0 aliphatic heterocycles. The van der Waals surface area contributed by atoms with Crippen molar-refractivity contribution in [2.45, 2.75) is 13.0 Å². The molecular weight excluding hydrogens is 114 g/mol. The lowest BCUT2D eigenvalue weighted by molar-refractivity contribution is -0.297. The first-order chi connectivity index (χ1) is 3.68. The predicted octanol–water partition coefficient (Wildman–Crippen LogP) is -0.546. The second-order valence-corrected chi connectivity index (χ2v) is 1.27. The molecule has 5 nitrogen and oxygen atoms in total. The van der Waals surface area contributed by atoms with Crippen LogP contribution in [0.4, 0.5) is 0 Å². The molecule has 0 aromatic heterocycles. The summed E-state index contributed by atoms with van der Waals surface area (Å²) in [6.45, 7) is 1.33. The van der Waals surface area contributed by atoms with Crippen LogP contribution in [0.15, 0.2) is 0 Å². The maximum Gasteiger partial charge on any atom is 0.322 e. The molecule has 0 radical (unpaired) electrons. The molecule has 0 aliphatic rings. The normalized spacial score (nSPS) is 13.2. The molecule has 0 aromatic rings. The summed E-state index contributed by atoms with van der Waals surface area (Å²) in [6, 6.07) is -0.889. The maximum atomic E-state index is 9.84. The molecule has 48 valence electrons. The van der Waals surface area contributed by atoms with Crippen molar-refractivity contribution in [3.63, 3.8) is 0 Å². The van der Waals surface area contributed by atoms with Crippen LogP contribution in [-0.4, -0.2) is 22.4 Å². The minimum Gasteiger partial charge on any atom is -0.480 e. The molecule has 0 saturated carbocycles. The van der Waals surface area contributed by atoms with Gasteiger partial charge in [0.25, 0.3) is 0 Å². The highest BCUT2D eigenvalue weighted by atomic mass is 17.2. The van der Waals surface area contributed by atoms with Crippen LogP contribution in [-0.2, 0) is 9.78 Å². The summed E-state index contributed by atoms with van der Waals surface area (Å²) in [6.07, 6.45) is 0. The van der Waals surface area contributed by atoms with Crippen LogP contribution in [0.2, 0.25) is 0 Å². The molecule has 0 fully saturated rings. The second kappa shape index (κ2) is 3.36. The van der Waals surface area contributed by atoms with Gasteiger partial charge in [0.1, 0.15) is 6.04 Å². The number of hydrogen-bond acceptors (Lipinski definition) is 4. The first kappa shape index (κ1) is 7.35. The molecule has 5 heteroatoms. The van der Waals surface area contributed by atoms with Gasteiger partial charge in [-0.15, -0.1) is 4.99 Å². The molecule has 0 aliphatic carbocycles. The van der Waals surface area contributed by atoms with Gasteiger partial charge in [-0.05, 0) is 6.92 Å². The number of carboxylic acid groups (broad SMARTS) is 1. The van der Waals surface area contributed by atoms with Crippen molar-refractivity contribution in [2.24, 2.45) is 0 Å². The van der Waals surface area contributed by atoms with Crippen molar-refractivity contribution < 1.29 is 20.1 Å². The molecular formula is C3H7NO4. The van der Waals surface area contributed by atoms with Crippen molar-refractivity contribution >= 4 is 5.97 Å². The van der Waals surface area contributed by atoms with Crippen LogP contribution < -0.4 is 5.48 Å². The maximum absolute atomic E-state index is 9.84. The SMILES string of the molecule is C[C@H](NOO)C(=O)O. The summed E-state index contributed by atoms with van der Waals surface area (Å²) in [5.41, 5.74) is 1.80. The summed E-state index contributed by atoms with van der Waals surface area (Å²) >= 11 is 0. The van der Waals surface area contributed by atoms with Gasteiger partial charge in [-0.2, -0.15) is 5.48 Å². The van der Waals surface area contributed by atoms with Gasteiger partial charge < -0.3 is 5.11 Å². The van der Waals surface area contributed by atoms with Gasteiger partial charge in [0.05, 0.1) is 0 Å². The minimum atomic E-state index is -1.08. The Morgan fingerprint density at radius 1 is 1.88 bits per heavy atom. The fourth-order valence-corrected chi connectivity index (χ4v) is 0.129. The van der Waals surface area contributed by atoms with Gasteiger partial charge in [0.15, 0.2) is 0 Å². The fraction of sp³-hybridized carbons (Fsp3) is 0.667. The van der Waals surface area contributed by atoms with Gasteiger partial charge in [0, 0.05) is 0 Å². The third kappa shape index (κ3) is 2.51. The minimum absolute atomic E-state index is 0.889. The van der Waals surface area contributed by atoms with Gasteiger partial charge >= 0.3 is 5.97 Å². The lowest BCUT2D eigenvalue weighted by atomic mass is 10.4. The van der Waals surface area contributed by atoms with E-state index < -0.39 is 12.0 Å². The number of carbonyl (C=O) groups is 1. The molecule has 0 amide bonds. The number of rotatable bonds is 3. The summed E-state index contributed by atoms with van der Waals surface area (Å²) in [7, 11) is 0. The molecule has 0 unspecified atom stereocenters. The highest BCUT2D eigenvalue weighted by Gasteiger charge is 2.08. The van der Waals surface area contributed by atoms with E-state index in [1.807, 2.05) is 0 Å². The van der Waals surface area contributed by atoms with Crippen molar-refractivity contribution in [2.75, 3.05) is 0 Å². The molecule has 0 aromatic carbocycles. The van der Waals surface area contributed by atoms with Gasteiger partial charge in [-0.1, -0.05) is 0 Å². The molecule has 0 heterocycles. The Kier molecular flexibility index (Phi) is 3.09. The summed E-state index contributed by atoms with van der Waals surface area (Å²) < 4.78 is 0. The zero-order valence-electron chi connectivity index (χ0n) is 4.29. The average molecular weight is 121 g/mol. The van der Waals surface area contributed by atoms with Crippen LogP contribution in [0.25, 0.3) is 0 Å². The van der Waals surface area contributed by atoms with E-state index in [4.69, 9.17) is 10.4 Å². The second-order valence-electron chi connectivity index (χ2n) is 1.27. The topological polar surface area (TPSA) is 78.8 Å².